The number of likely N-dealkylation sites (tertiary alicyclic amines) is 1. The van der Waals surface area contributed by atoms with E-state index < -0.39 is 0 Å². The Morgan fingerprint density at radius 1 is 1.23 bits per heavy atom. The number of hydrogen-bond acceptors (Lipinski definition) is 4. The zero-order valence-electron chi connectivity index (χ0n) is 18.6. The standard InChI is InChI=1S/C22H34N4O3.HI/c1-6-16(4)25-20(27)18-10-8-17(9-11-18)12-24-22(23-7-2)26-13-15(3)19(14-26)21(28)29-5;/h8-11,15-16,19H,6-7,12-14H2,1-5H3,(H,23,24)(H,25,27);1H. The summed E-state index contributed by atoms with van der Waals surface area (Å²) in [5.74, 6) is 0.663. The van der Waals surface area contributed by atoms with Crippen LogP contribution in [-0.4, -0.2) is 55.5 Å². The molecule has 0 aliphatic carbocycles. The first-order valence-electron chi connectivity index (χ1n) is 10.4. The van der Waals surface area contributed by atoms with Gasteiger partial charge in [-0.25, -0.2) is 4.99 Å². The lowest BCUT2D eigenvalue weighted by Crippen LogP contribution is -2.40. The van der Waals surface area contributed by atoms with Gasteiger partial charge in [-0.05, 0) is 43.9 Å². The predicted octanol–water partition coefficient (Wildman–Crippen LogP) is 3.04. The highest BCUT2D eigenvalue weighted by atomic mass is 127. The first-order chi connectivity index (χ1) is 13.9. The van der Waals surface area contributed by atoms with Crippen molar-refractivity contribution < 1.29 is 14.3 Å². The third kappa shape index (κ3) is 7.14. The number of methoxy groups -OCH3 is 1. The van der Waals surface area contributed by atoms with Crippen LogP contribution in [0.5, 0.6) is 0 Å². The number of nitrogens with zero attached hydrogens (tertiary/aromatic N) is 2. The first-order valence-corrected chi connectivity index (χ1v) is 10.4. The van der Waals surface area contributed by atoms with Gasteiger partial charge in [0.25, 0.3) is 5.91 Å². The van der Waals surface area contributed by atoms with Crippen molar-refractivity contribution in [3.8, 4) is 0 Å². The van der Waals surface area contributed by atoms with Gasteiger partial charge in [0.1, 0.15) is 0 Å². The maximum absolute atomic E-state index is 12.2. The van der Waals surface area contributed by atoms with Crippen molar-refractivity contribution in [2.45, 2.75) is 46.7 Å². The molecule has 1 heterocycles. The molecule has 7 nitrogen and oxygen atoms in total. The van der Waals surface area contributed by atoms with Gasteiger partial charge in [0.15, 0.2) is 5.96 Å². The van der Waals surface area contributed by atoms with E-state index in [0.717, 1.165) is 31.0 Å². The number of aliphatic imine (C=N–C) groups is 1. The number of nitrogens with one attached hydrogen (secondary N) is 2. The molecule has 8 heteroatoms. The number of esters is 1. The minimum Gasteiger partial charge on any atom is -0.469 e. The number of rotatable bonds is 7. The summed E-state index contributed by atoms with van der Waals surface area (Å²) in [5, 5.41) is 6.28. The molecule has 1 fully saturated rings. The van der Waals surface area contributed by atoms with E-state index in [1.807, 2.05) is 45.0 Å². The average molecular weight is 530 g/mol. The lowest BCUT2D eigenvalue weighted by Gasteiger charge is -2.21. The molecule has 2 N–H and O–H groups in total. The van der Waals surface area contributed by atoms with Crippen LogP contribution in [0.4, 0.5) is 0 Å². The smallest absolute Gasteiger partial charge is 0.310 e. The molecule has 1 aliphatic heterocycles. The number of hydrogen-bond donors (Lipinski definition) is 2. The third-order valence-electron chi connectivity index (χ3n) is 5.37. The topological polar surface area (TPSA) is 83.0 Å². The molecule has 2 rings (SSSR count). The molecule has 30 heavy (non-hydrogen) atoms. The quantitative estimate of drug-likeness (QED) is 0.245. The van der Waals surface area contributed by atoms with Gasteiger partial charge >= 0.3 is 5.97 Å². The van der Waals surface area contributed by atoms with Crippen molar-refractivity contribution in [1.82, 2.24) is 15.5 Å². The molecule has 3 unspecified atom stereocenters. The van der Waals surface area contributed by atoms with Crippen molar-refractivity contribution in [2.24, 2.45) is 16.8 Å². The summed E-state index contributed by atoms with van der Waals surface area (Å²) >= 11 is 0. The van der Waals surface area contributed by atoms with Crippen molar-refractivity contribution in [3.63, 3.8) is 0 Å². The van der Waals surface area contributed by atoms with E-state index in [0.29, 0.717) is 18.7 Å². The van der Waals surface area contributed by atoms with E-state index in [1.165, 1.54) is 7.11 Å². The molecule has 1 aromatic rings. The van der Waals surface area contributed by atoms with E-state index in [4.69, 9.17) is 9.73 Å². The highest BCUT2D eigenvalue weighted by molar-refractivity contribution is 14.0. The molecule has 0 aromatic heterocycles. The Bertz CT molecular complexity index is 724. The van der Waals surface area contributed by atoms with Crippen LogP contribution in [0.2, 0.25) is 0 Å². The van der Waals surface area contributed by atoms with Gasteiger partial charge in [-0.1, -0.05) is 26.0 Å². The third-order valence-corrected chi connectivity index (χ3v) is 5.37. The second-order valence-electron chi connectivity index (χ2n) is 7.66. The molecule has 168 valence electrons. The molecule has 1 saturated heterocycles. The molecule has 3 atom stereocenters. The lowest BCUT2D eigenvalue weighted by atomic mass is 9.99. The van der Waals surface area contributed by atoms with Crippen LogP contribution in [0.3, 0.4) is 0 Å². The summed E-state index contributed by atoms with van der Waals surface area (Å²) in [5.41, 5.74) is 1.68. The zero-order chi connectivity index (χ0) is 21.4. The van der Waals surface area contributed by atoms with E-state index in [-0.39, 0.29) is 53.7 Å². The zero-order valence-corrected chi connectivity index (χ0v) is 20.9. The van der Waals surface area contributed by atoms with Crippen LogP contribution in [0.15, 0.2) is 29.3 Å². The van der Waals surface area contributed by atoms with E-state index in [1.54, 1.807) is 0 Å². The van der Waals surface area contributed by atoms with Gasteiger partial charge in [0.05, 0.1) is 19.6 Å². The van der Waals surface area contributed by atoms with Crippen LogP contribution in [0.25, 0.3) is 0 Å². The Balaban J connectivity index is 0.00000450. The van der Waals surface area contributed by atoms with Crippen LogP contribution < -0.4 is 10.6 Å². The Labute approximate surface area is 197 Å². The minimum atomic E-state index is -0.165. The summed E-state index contributed by atoms with van der Waals surface area (Å²) in [6.45, 7) is 10.8. The summed E-state index contributed by atoms with van der Waals surface area (Å²) in [7, 11) is 1.43. The van der Waals surface area contributed by atoms with E-state index >= 15 is 0 Å². The monoisotopic (exact) mass is 530 g/mol. The normalized spacial score (nSPS) is 19.6. The highest BCUT2D eigenvalue weighted by Gasteiger charge is 2.36. The van der Waals surface area contributed by atoms with Gasteiger partial charge in [-0.3, -0.25) is 9.59 Å². The van der Waals surface area contributed by atoms with E-state index in [9.17, 15) is 9.59 Å². The fourth-order valence-corrected chi connectivity index (χ4v) is 3.36. The average Bonchev–Trinajstić information content (AvgIpc) is 3.12. The Morgan fingerprint density at radius 2 is 1.90 bits per heavy atom. The second kappa shape index (κ2) is 12.8. The Morgan fingerprint density at radius 3 is 2.47 bits per heavy atom. The molecule has 1 aliphatic rings. The van der Waals surface area contributed by atoms with Crippen LogP contribution in [0.1, 0.15) is 50.0 Å². The molecule has 1 amide bonds. The van der Waals surface area contributed by atoms with Gasteiger partial charge < -0.3 is 20.3 Å². The first kappa shape index (κ1) is 26.2. The Hall–Kier alpha value is -1.84. The van der Waals surface area contributed by atoms with Gasteiger partial charge in [-0.15, -0.1) is 24.0 Å². The van der Waals surface area contributed by atoms with Gasteiger partial charge in [0.2, 0.25) is 0 Å². The second-order valence-corrected chi connectivity index (χ2v) is 7.66. The van der Waals surface area contributed by atoms with Crippen molar-refractivity contribution in [2.75, 3.05) is 26.7 Å². The molecular formula is C22H35IN4O3. The molecule has 0 bridgehead atoms. The maximum atomic E-state index is 12.2. The van der Waals surface area contributed by atoms with Crippen LogP contribution in [0, 0.1) is 11.8 Å². The minimum absolute atomic E-state index is 0. The number of ether oxygens (including phenoxy) is 1. The summed E-state index contributed by atoms with van der Waals surface area (Å²) in [4.78, 5) is 31.0. The number of halogens is 1. The fraction of sp³-hybridized carbons (Fsp3) is 0.591. The summed E-state index contributed by atoms with van der Waals surface area (Å²) in [6.07, 6.45) is 0.900. The number of guanidine groups is 1. The highest BCUT2D eigenvalue weighted by Crippen LogP contribution is 2.24. The van der Waals surface area contributed by atoms with Crippen molar-refractivity contribution >= 4 is 41.8 Å². The molecule has 1 aromatic carbocycles. The molecule has 0 spiro atoms. The molecular weight excluding hydrogens is 495 g/mol. The van der Waals surface area contributed by atoms with Crippen molar-refractivity contribution in [3.05, 3.63) is 35.4 Å². The lowest BCUT2D eigenvalue weighted by molar-refractivity contribution is -0.145. The maximum Gasteiger partial charge on any atom is 0.310 e. The summed E-state index contributed by atoms with van der Waals surface area (Å²) < 4.78 is 4.92. The fourth-order valence-electron chi connectivity index (χ4n) is 3.36. The summed E-state index contributed by atoms with van der Waals surface area (Å²) in [6, 6.07) is 7.69. The molecule has 0 saturated carbocycles. The number of amides is 1. The number of carbonyl (C=O) groups excluding carboxylic acids is 2. The van der Waals surface area contributed by atoms with Crippen LogP contribution in [-0.2, 0) is 16.1 Å². The molecule has 0 radical (unpaired) electrons. The van der Waals surface area contributed by atoms with Crippen LogP contribution >= 0.6 is 24.0 Å². The van der Waals surface area contributed by atoms with E-state index in [2.05, 4.69) is 22.5 Å². The largest absolute Gasteiger partial charge is 0.469 e. The van der Waals surface area contributed by atoms with Gasteiger partial charge in [0, 0.05) is 31.2 Å². The number of benzene rings is 1. The van der Waals surface area contributed by atoms with Gasteiger partial charge in [-0.2, -0.15) is 0 Å². The SMILES string of the molecule is CCNC(=NCc1ccc(C(=O)NC(C)CC)cc1)N1CC(C)C(C(=O)OC)C1.I. The predicted molar refractivity (Wildman–Crippen MR) is 130 cm³/mol. The Kier molecular flexibility index (Phi) is 11.1. The number of carbonyl (C=O) groups is 2. The van der Waals surface area contributed by atoms with Crippen molar-refractivity contribution in [1.29, 1.82) is 0 Å².